The number of pyridine rings is 1. The summed E-state index contributed by atoms with van der Waals surface area (Å²) < 4.78 is 7.40. The first-order valence-corrected chi connectivity index (χ1v) is 5.47. The summed E-state index contributed by atoms with van der Waals surface area (Å²) in [5.41, 5.74) is -0.219. The lowest BCUT2D eigenvalue weighted by Gasteiger charge is -2.20. The minimum Gasteiger partial charge on any atom is -0.471 e. The molecule has 0 radical (unpaired) electrons. The Balaban J connectivity index is 2.90. The number of rotatable bonds is 1. The first-order chi connectivity index (χ1) is 5.88. The van der Waals surface area contributed by atoms with E-state index in [0.717, 1.165) is 8.95 Å². The highest BCUT2D eigenvalue weighted by atomic mass is 79.9. The van der Waals surface area contributed by atoms with E-state index in [1.165, 1.54) is 0 Å². The molecule has 0 saturated heterocycles. The number of nitrogens with zero attached hydrogens (tertiary/aromatic N) is 1. The molecule has 0 fully saturated rings. The molecule has 0 N–H and O–H groups in total. The van der Waals surface area contributed by atoms with Crippen molar-refractivity contribution in [1.29, 1.82) is 0 Å². The molecule has 1 heterocycles. The van der Waals surface area contributed by atoms with Crippen molar-refractivity contribution in [3.05, 3.63) is 21.2 Å². The van der Waals surface area contributed by atoms with Gasteiger partial charge in [-0.25, -0.2) is 4.98 Å². The van der Waals surface area contributed by atoms with Crippen molar-refractivity contribution in [3.8, 4) is 5.88 Å². The van der Waals surface area contributed by atoms with E-state index in [-0.39, 0.29) is 5.60 Å². The van der Waals surface area contributed by atoms with Crippen molar-refractivity contribution in [2.24, 2.45) is 0 Å². The van der Waals surface area contributed by atoms with Gasteiger partial charge in [0, 0.05) is 10.7 Å². The summed E-state index contributed by atoms with van der Waals surface area (Å²) in [7, 11) is 0. The molecule has 0 aromatic carbocycles. The van der Waals surface area contributed by atoms with Crippen LogP contribution in [0.5, 0.6) is 5.88 Å². The van der Waals surface area contributed by atoms with Crippen molar-refractivity contribution in [1.82, 2.24) is 4.98 Å². The zero-order chi connectivity index (χ0) is 10.1. The van der Waals surface area contributed by atoms with Crippen LogP contribution in [-0.2, 0) is 0 Å². The van der Waals surface area contributed by atoms with Crippen molar-refractivity contribution in [2.75, 3.05) is 0 Å². The van der Waals surface area contributed by atoms with E-state index in [9.17, 15) is 0 Å². The van der Waals surface area contributed by atoms with E-state index >= 15 is 0 Å². The van der Waals surface area contributed by atoms with Gasteiger partial charge in [-0.15, -0.1) is 0 Å². The Morgan fingerprint density at radius 2 is 1.92 bits per heavy atom. The van der Waals surface area contributed by atoms with Crippen LogP contribution in [0, 0.1) is 0 Å². The molecule has 0 aliphatic carbocycles. The van der Waals surface area contributed by atoms with E-state index in [1.54, 1.807) is 6.20 Å². The Morgan fingerprint density at radius 3 is 2.38 bits per heavy atom. The highest BCUT2D eigenvalue weighted by Crippen LogP contribution is 2.27. The number of halogens is 2. The lowest BCUT2D eigenvalue weighted by atomic mass is 10.2. The van der Waals surface area contributed by atoms with Gasteiger partial charge in [-0.05, 0) is 58.7 Å². The lowest BCUT2D eigenvalue weighted by Crippen LogP contribution is -2.23. The maximum atomic E-state index is 5.61. The number of aromatic nitrogens is 1. The molecular formula is C9H11Br2NO. The number of hydrogen-bond donors (Lipinski definition) is 0. The molecule has 2 nitrogen and oxygen atoms in total. The third-order valence-corrected chi connectivity index (χ3v) is 2.18. The maximum absolute atomic E-state index is 5.61. The summed E-state index contributed by atoms with van der Waals surface area (Å²) in [6.07, 6.45) is 1.71. The quantitative estimate of drug-likeness (QED) is 0.787. The summed E-state index contributed by atoms with van der Waals surface area (Å²) in [6, 6.07) is 1.91. The summed E-state index contributed by atoms with van der Waals surface area (Å²) in [5, 5.41) is 0. The molecule has 0 spiro atoms. The zero-order valence-corrected chi connectivity index (χ0v) is 10.9. The van der Waals surface area contributed by atoms with Gasteiger partial charge in [0.1, 0.15) is 5.60 Å². The molecule has 0 amide bonds. The molecule has 0 unspecified atom stereocenters. The first kappa shape index (κ1) is 11.0. The Labute approximate surface area is 95.0 Å². The van der Waals surface area contributed by atoms with Gasteiger partial charge < -0.3 is 4.74 Å². The van der Waals surface area contributed by atoms with Gasteiger partial charge in [-0.1, -0.05) is 0 Å². The van der Waals surface area contributed by atoms with E-state index in [1.807, 2.05) is 26.8 Å². The van der Waals surface area contributed by atoms with Crippen LogP contribution in [0.1, 0.15) is 20.8 Å². The fraction of sp³-hybridized carbons (Fsp3) is 0.444. The number of ether oxygens (including phenoxy) is 1. The Hall–Kier alpha value is -0.0900. The molecule has 0 atom stereocenters. The van der Waals surface area contributed by atoms with Crippen molar-refractivity contribution in [3.63, 3.8) is 0 Å². The highest BCUT2D eigenvalue weighted by molar-refractivity contribution is 9.11. The molecule has 0 aliphatic heterocycles. The van der Waals surface area contributed by atoms with E-state index in [0.29, 0.717) is 5.88 Å². The van der Waals surface area contributed by atoms with Gasteiger partial charge >= 0.3 is 0 Å². The minimum absolute atomic E-state index is 0.219. The monoisotopic (exact) mass is 307 g/mol. The predicted octanol–water partition coefficient (Wildman–Crippen LogP) is 3.78. The molecule has 1 aromatic heterocycles. The van der Waals surface area contributed by atoms with Gasteiger partial charge in [0.2, 0.25) is 5.88 Å². The van der Waals surface area contributed by atoms with Crippen LogP contribution in [0.3, 0.4) is 0 Å². The van der Waals surface area contributed by atoms with E-state index in [2.05, 4.69) is 36.8 Å². The SMILES string of the molecule is CC(C)(C)Oc1ncc(Br)cc1Br. The van der Waals surface area contributed by atoms with Crippen LogP contribution in [0.15, 0.2) is 21.2 Å². The molecule has 0 saturated carbocycles. The van der Waals surface area contributed by atoms with Crippen LogP contribution in [0.25, 0.3) is 0 Å². The summed E-state index contributed by atoms with van der Waals surface area (Å²) >= 11 is 6.71. The van der Waals surface area contributed by atoms with Crippen LogP contribution in [0.4, 0.5) is 0 Å². The van der Waals surface area contributed by atoms with Crippen LogP contribution >= 0.6 is 31.9 Å². The molecule has 0 aliphatic rings. The molecule has 1 aromatic rings. The average Bonchev–Trinajstić information content (AvgIpc) is 1.93. The van der Waals surface area contributed by atoms with Crippen LogP contribution < -0.4 is 4.74 Å². The largest absolute Gasteiger partial charge is 0.471 e. The van der Waals surface area contributed by atoms with E-state index < -0.39 is 0 Å². The zero-order valence-electron chi connectivity index (χ0n) is 7.77. The third-order valence-electron chi connectivity index (χ3n) is 1.18. The predicted molar refractivity (Wildman–Crippen MR) is 60.0 cm³/mol. The second-order valence-electron chi connectivity index (χ2n) is 3.65. The molecule has 0 bridgehead atoms. The van der Waals surface area contributed by atoms with Gasteiger partial charge in [-0.3, -0.25) is 0 Å². The summed E-state index contributed by atoms with van der Waals surface area (Å²) in [4.78, 5) is 4.15. The molecular weight excluding hydrogens is 298 g/mol. The van der Waals surface area contributed by atoms with Crippen LogP contribution in [-0.4, -0.2) is 10.6 Å². The number of hydrogen-bond acceptors (Lipinski definition) is 2. The molecule has 1 rings (SSSR count). The Morgan fingerprint density at radius 1 is 1.31 bits per heavy atom. The molecule has 72 valence electrons. The van der Waals surface area contributed by atoms with Gasteiger partial charge in [0.05, 0.1) is 4.47 Å². The third kappa shape index (κ3) is 3.65. The normalized spacial score (nSPS) is 11.5. The minimum atomic E-state index is -0.219. The lowest BCUT2D eigenvalue weighted by molar-refractivity contribution is 0.123. The second kappa shape index (κ2) is 3.96. The van der Waals surface area contributed by atoms with E-state index in [4.69, 9.17) is 4.74 Å². The topological polar surface area (TPSA) is 22.1 Å². The van der Waals surface area contributed by atoms with Crippen LogP contribution in [0.2, 0.25) is 0 Å². The molecule has 4 heteroatoms. The van der Waals surface area contributed by atoms with Gasteiger partial charge in [0.25, 0.3) is 0 Å². The smallest absolute Gasteiger partial charge is 0.228 e. The standard InChI is InChI=1S/C9H11Br2NO/c1-9(2,3)13-8-7(11)4-6(10)5-12-8/h4-5H,1-3H3. The molecule has 13 heavy (non-hydrogen) atoms. The Kier molecular flexibility index (Phi) is 3.35. The van der Waals surface area contributed by atoms with Crippen molar-refractivity contribution in [2.45, 2.75) is 26.4 Å². The Bertz CT molecular complexity index is 307. The average molecular weight is 309 g/mol. The van der Waals surface area contributed by atoms with Gasteiger partial charge in [-0.2, -0.15) is 0 Å². The van der Waals surface area contributed by atoms with Crippen molar-refractivity contribution >= 4 is 31.9 Å². The van der Waals surface area contributed by atoms with Crippen molar-refractivity contribution < 1.29 is 4.74 Å². The maximum Gasteiger partial charge on any atom is 0.228 e. The highest BCUT2D eigenvalue weighted by Gasteiger charge is 2.14. The second-order valence-corrected chi connectivity index (χ2v) is 5.42. The fourth-order valence-corrected chi connectivity index (χ4v) is 1.84. The summed E-state index contributed by atoms with van der Waals surface area (Å²) in [6.45, 7) is 5.97. The van der Waals surface area contributed by atoms with Gasteiger partial charge in [0.15, 0.2) is 0 Å². The first-order valence-electron chi connectivity index (χ1n) is 3.88. The summed E-state index contributed by atoms with van der Waals surface area (Å²) in [5.74, 6) is 0.621. The fourth-order valence-electron chi connectivity index (χ4n) is 0.767.